The van der Waals surface area contributed by atoms with Crippen LogP contribution >= 0.6 is 0 Å². The van der Waals surface area contributed by atoms with Crippen LogP contribution in [0.2, 0.25) is 0 Å². The number of nitrogen functional groups attached to an aromatic ring is 1. The highest BCUT2D eigenvalue weighted by atomic mass is 16.5. The molecule has 148 valence electrons. The van der Waals surface area contributed by atoms with Gasteiger partial charge in [0.2, 0.25) is 5.88 Å². The quantitative estimate of drug-likeness (QED) is 0.515. The lowest BCUT2D eigenvalue weighted by Crippen LogP contribution is -2.03. The third kappa shape index (κ3) is 3.45. The van der Waals surface area contributed by atoms with Crippen molar-refractivity contribution in [3.05, 3.63) is 48.8 Å². The van der Waals surface area contributed by atoms with Gasteiger partial charge in [0.25, 0.3) is 0 Å². The van der Waals surface area contributed by atoms with Crippen molar-refractivity contribution in [2.24, 2.45) is 0 Å². The number of ether oxygens (including phenoxy) is 3. The van der Waals surface area contributed by atoms with E-state index in [0.717, 1.165) is 16.8 Å². The Labute approximate surface area is 167 Å². The molecule has 0 aliphatic heterocycles. The average Bonchev–Trinajstić information content (AvgIpc) is 3.18. The second-order valence-corrected chi connectivity index (χ2v) is 6.14. The summed E-state index contributed by atoms with van der Waals surface area (Å²) >= 11 is 0. The average molecular weight is 392 g/mol. The molecule has 0 aliphatic carbocycles. The van der Waals surface area contributed by atoms with E-state index in [0.29, 0.717) is 34.7 Å². The van der Waals surface area contributed by atoms with Crippen molar-refractivity contribution in [3.8, 4) is 28.5 Å². The summed E-state index contributed by atoms with van der Waals surface area (Å²) in [4.78, 5) is 8.87. The van der Waals surface area contributed by atoms with Crippen LogP contribution in [0.1, 0.15) is 0 Å². The highest BCUT2D eigenvalue weighted by Crippen LogP contribution is 2.34. The van der Waals surface area contributed by atoms with Gasteiger partial charge in [-0.3, -0.25) is 0 Å². The van der Waals surface area contributed by atoms with E-state index in [1.807, 2.05) is 24.3 Å². The predicted octanol–water partition coefficient (Wildman–Crippen LogP) is 3.14. The minimum absolute atomic E-state index is 0.450. The first-order valence-corrected chi connectivity index (χ1v) is 8.76. The summed E-state index contributed by atoms with van der Waals surface area (Å²) in [6, 6.07) is 11.0. The fourth-order valence-corrected chi connectivity index (χ4v) is 2.98. The molecule has 0 fully saturated rings. The van der Waals surface area contributed by atoms with Crippen LogP contribution in [0.5, 0.6) is 17.4 Å². The van der Waals surface area contributed by atoms with Crippen molar-refractivity contribution in [3.63, 3.8) is 0 Å². The molecule has 0 spiro atoms. The Balaban J connectivity index is 1.75. The van der Waals surface area contributed by atoms with Crippen LogP contribution in [-0.4, -0.2) is 40.9 Å². The Kier molecular flexibility index (Phi) is 4.78. The van der Waals surface area contributed by atoms with Crippen molar-refractivity contribution in [1.82, 2.24) is 19.6 Å². The van der Waals surface area contributed by atoms with Crippen LogP contribution in [0.15, 0.2) is 48.8 Å². The van der Waals surface area contributed by atoms with E-state index in [-0.39, 0.29) is 0 Å². The van der Waals surface area contributed by atoms with Gasteiger partial charge in [0.1, 0.15) is 11.6 Å². The second kappa shape index (κ2) is 7.55. The highest BCUT2D eigenvalue weighted by Gasteiger charge is 2.14. The van der Waals surface area contributed by atoms with E-state index in [4.69, 9.17) is 19.9 Å². The molecule has 0 saturated carbocycles. The number of nitrogens with zero attached hydrogens (tertiary/aromatic N) is 4. The minimum atomic E-state index is 0.450. The maximum atomic E-state index is 6.19. The smallest absolute Gasteiger partial charge is 0.213 e. The number of nitrogens with one attached hydrogen (secondary N) is 1. The number of benzene rings is 1. The zero-order chi connectivity index (χ0) is 20.4. The standard InChI is InChI=1S/C20H20N6O3/c1-27-15-6-4-12(8-16(15)28-2)14-11-23-26-17(21)9-18(25-20(14)26)24-13-5-7-19(29-3)22-10-13/h4-11H,21H2,1-3H3,(H,24,25). The lowest BCUT2D eigenvalue weighted by atomic mass is 10.1. The van der Waals surface area contributed by atoms with Gasteiger partial charge in [-0.2, -0.15) is 9.61 Å². The van der Waals surface area contributed by atoms with Crippen LogP contribution in [0.4, 0.5) is 17.3 Å². The number of fused-ring (bicyclic) bond motifs is 1. The molecule has 0 radical (unpaired) electrons. The molecule has 0 amide bonds. The molecule has 3 heterocycles. The van der Waals surface area contributed by atoms with Gasteiger partial charge < -0.3 is 25.3 Å². The van der Waals surface area contributed by atoms with Crippen LogP contribution in [-0.2, 0) is 0 Å². The van der Waals surface area contributed by atoms with E-state index in [1.165, 1.54) is 0 Å². The van der Waals surface area contributed by atoms with E-state index >= 15 is 0 Å². The molecule has 3 aromatic heterocycles. The number of rotatable bonds is 6. The van der Waals surface area contributed by atoms with Gasteiger partial charge in [0.15, 0.2) is 17.1 Å². The van der Waals surface area contributed by atoms with Gasteiger partial charge in [-0.15, -0.1) is 0 Å². The highest BCUT2D eigenvalue weighted by molar-refractivity contribution is 5.80. The van der Waals surface area contributed by atoms with Crippen molar-refractivity contribution >= 4 is 23.0 Å². The summed E-state index contributed by atoms with van der Waals surface area (Å²) < 4.78 is 17.4. The number of hydrogen-bond acceptors (Lipinski definition) is 8. The van der Waals surface area contributed by atoms with Gasteiger partial charge in [-0.25, -0.2) is 9.97 Å². The lowest BCUT2D eigenvalue weighted by Gasteiger charge is -2.10. The number of nitrogens with two attached hydrogens (primary N) is 1. The molecule has 3 N–H and O–H groups in total. The summed E-state index contributed by atoms with van der Waals surface area (Å²) in [6.45, 7) is 0. The molecule has 0 unspecified atom stereocenters. The molecule has 0 aliphatic rings. The lowest BCUT2D eigenvalue weighted by molar-refractivity contribution is 0.355. The third-order valence-corrected chi connectivity index (χ3v) is 4.41. The van der Waals surface area contributed by atoms with Crippen molar-refractivity contribution in [2.75, 3.05) is 32.4 Å². The zero-order valence-electron chi connectivity index (χ0n) is 16.2. The maximum Gasteiger partial charge on any atom is 0.213 e. The second-order valence-electron chi connectivity index (χ2n) is 6.14. The maximum absolute atomic E-state index is 6.19. The van der Waals surface area contributed by atoms with E-state index in [1.54, 1.807) is 50.4 Å². The normalized spacial score (nSPS) is 10.7. The topological polar surface area (TPSA) is 109 Å². The Morgan fingerprint density at radius 1 is 0.931 bits per heavy atom. The molecule has 9 heteroatoms. The number of aromatic nitrogens is 4. The molecule has 0 bridgehead atoms. The van der Waals surface area contributed by atoms with Gasteiger partial charge in [0, 0.05) is 17.7 Å². The van der Waals surface area contributed by atoms with E-state index < -0.39 is 0 Å². The minimum Gasteiger partial charge on any atom is -0.493 e. The first kappa shape index (κ1) is 18.4. The van der Waals surface area contributed by atoms with Crippen LogP contribution in [0, 0.1) is 0 Å². The van der Waals surface area contributed by atoms with Crippen molar-refractivity contribution in [1.29, 1.82) is 0 Å². The van der Waals surface area contributed by atoms with Gasteiger partial charge in [0.05, 0.1) is 39.4 Å². The molecule has 1 aromatic carbocycles. The molecule has 9 nitrogen and oxygen atoms in total. The van der Waals surface area contributed by atoms with Gasteiger partial charge in [-0.1, -0.05) is 6.07 Å². The first-order chi connectivity index (χ1) is 14.1. The summed E-state index contributed by atoms with van der Waals surface area (Å²) in [5.74, 6) is 2.82. The Hall–Kier alpha value is -4.01. The molecule has 0 atom stereocenters. The van der Waals surface area contributed by atoms with E-state index in [2.05, 4.69) is 20.4 Å². The van der Waals surface area contributed by atoms with Gasteiger partial charge >= 0.3 is 0 Å². The van der Waals surface area contributed by atoms with Crippen LogP contribution in [0.3, 0.4) is 0 Å². The van der Waals surface area contributed by atoms with Crippen molar-refractivity contribution in [2.45, 2.75) is 0 Å². The van der Waals surface area contributed by atoms with E-state index in [9.17, 15) is 0 Å². The van der Waals surface area contributed by atoms with Gasteiger partial charge in [-0.05, 0) is 23.8 Å². The third-order valence-electron chi connectivity index (χ3n) is 4.41. The van der Waals surface area contributed by atoms with Crippen LogP contribution in [0.25, 0.3) is 16.8 Å². The molecule has 0 saturated heterocycles. The SMILES string of the molecule is COc1ccc(Nc2cc(N)n3ncc(-c4ccc(OC)c(OC)c4)c3n2)cn1. The number of methoxy groups -OCH3 is 3. The summed E-state index contributed by atoms with van der Waals surface area (Å²) in [7, 11) is 4.76. The fraction of sp³-hybridized carbons (Fsp3) is 0.150. The Morgan fingerprint density at radius 3 is 2.45 bits per heavy atom. The Morgan fingerprint density at radius 2 is 1.76 bits per heavy atom. The Bertz CT molecular complexity index is 1160. The largest absolute Gasteiger partial charge is 0.493 e. The molecular weight excluding hydrogens is 372 g/mol. The van der Waals surface area contributed by atoms with Crippen molar-refractivity contribution < 1.29 is 14.2 Å². The number of hydrogen-bond donors (Lipinski definition) is 2. The number of anilines is 3. The fourth-order valence-electron chi connectivity index (χ4n) is 2.98. The predicted molar refractivity (Wildman–Crippen MR) is 110 cm³/mol. The molecule has 29 heavy (non-hydrogen) atoms. The molecule has 4 aromatic rings. The number of pyridine rings is 1. The summed E-state index contributed by atoms with van der Waals surface area (Å²) in [5.41, 5.74) is 9.26. The summed E-state index contributed by atoms with van der Waals surface area (Å²) in [5, 5.41) is 7.57. The molecular formula is C20H20N6O3. The first-order valence-electron chi connectivity index (χ1n) is 8.76. The zero-order valence-corrected chi connectivity index (χ0v) is 16.2. The molecule has 4 rings (SSSR count). The monoisotopic (exact) mass is 392 g/mol. The van der Waals surface area contributed by atoms with Crippen LogP contribution < -0.4 is 25.3 Å². The summed E-state index contributed by atoms with van der Waals surface area (Å²) in [6.07, 6.45) is 3.38.